The van der Waals surface area contributed by atoms with Crippen molar-refractivity contribution in [3.8, 4) is 0 Å². The smallest absolute Gasteiger partial charge is 0.259 e. The van der Waals surface area contributed by atoms with Crippen molar-refractivity contribution >= 4 is 38.8 Å². The van der Waals surface area contributed by atoms with Crippen molar-refractivity contribution in [1.82, 2.24) is 19.8 Å². The zero-order valence-corrected chi connectivity index (χ0v) is 18.2. The molecule has 28 heavy (non-hydrogen) atoms. The van der Waals surface area contributed by atoms with E-state index in [0.29, 0.717) is 30.8 Å². The molecule has 1 N–H and O–H groups in total. The van der Waals surface area contributed by atoms with Gasteiger partial charge in [0.25, 0.3) is 11.5 Å². The Kier molecular flexibility index (Phi) is 5.11. The van der Waals surface area contributed by atoms with Crippen molar-refractivity contribution in [1.29, 1.82) is 0 Å². The highest BCUT2D eigenvalue weighted by atomic mass is 32.1. The Bertz CT molecular complexity index is 1100. The second kappa shape index (κ2) is 7.42. The highest BCUT2D eigenvalue weighted by molar-refractivity contribution is 7.18. The summed E-state index contributed by atoms with van der Waals surface area (Å²) in [4.78, 5) is 41.2. The van der Waals surface area contributed by atoms with Gasteiger partial charge in [-0.25, -0.2) is 4.98 Å². The number of carbonyl (C=O) groups is 1. The topological polar surface area (TPSA) is 69.3 Å². The molecule has 1 fully saturated rings. The molecular weight excluding hydrogens is 392 g/mol. The number of H-pyrrole nitrogens is 1. The van der Waals surface area contributed by atoms with Crippen molar-refractivity contribution in [3.05, 3.63) is 48.0 Å². The first-order valence-electron chi connectivity index (χ1n) is 9.41. The molecule has 148 valence electrons. The lowest BCUT2D eigenvalue weighted by Crippen LogP contribution is -2.48. The highest BCUT2D eigenvalue weighted by Gasteiger charge is 2.24. The fraction of sp³-hybridized carbons (Fsp3) is 0.450. The summed E-state index contributed by atoms with van der Waals surface area (Å²) < 4.78 is 0. The molecule has 0 unspecified atom stereocenters. The van der Waals surface area contributed by atoms with E-state index in [1.165, 1.54) is 4.88 Å². The summed E-state index contributed by atoms with van der Waals surface area (Å²) in [6.07, 6.45) is 0. The van der Waals surface area contributed by atoms with E-state index in [2.05, 4.69) is 14.9 Å². The Morgan fingerprint density at radius 2 is 1.82 bits per heavy atom. The molecule has 4 rings (SSSR count). The first-order valence-corrected chi connectivity index (χ1v) is 11.0. The normalized spacial score (nSPS) is 15.5. The van der Waals surface area contributed by atoms with E-state index in [0.717, 1.165) is 38.8 Å². The quantitative estimate of drug-likeness (QED) is 0.712. The second-order valence-corrected chi connectivity index (χ2v) is 10.0. The van der Waals surface area contributed by atoms with Gasteiger partial charge < -0.3 is 9.88 Å². The number of nitrogens with one attached hydrogen (secondary N) is 1. The van der Waals surface area contributed by atoms with Gasteiger partial charge in [-0.1, -0.05) is 0 Å². The third-order valence-electron chi connectivity index (χ3n) is 5.39. The molecule has 0 bridgehead atoms. The zero-order valence-electron chi connectivity index (χ0n) is 16.6. The number of hydrogen-bond acceptors (Lipinski definition) is 6. The SMILES string of the molecule is Cc1cc(C(=O)N2CCN(Cc3nc4sc(C)c(C)c4c(=O)[nH]3)CC2)c(C)s1. The number of fused-ring (bicyclic) bond motifs is 1. The molecule has 8 heteroatoms. The number of hydrogen-bond donors (Lipinski definition) is 1. The van der Waals surface area contributed by atoms with E-state index >= 15 is 0 Å². The first kappa shape index (κ1) is 19.3. The number of carbonyl (C=O) groups excluding carboxylic acids is 1. The Hall–Kier alpha value is -2.03. The summed E-state index contributed by atoms with van der Waals surface area (Å²) in [7, 11) is 0. The molecule has 1 aliphatic rings. The van der Waals surface area contributed by atoms with Crippen LogP contribution < -0.4 is 5.56 Å². The average Bonchev–Trinajstić information content (AvgIpc) is 3.13. The van der Waals surface area contributed by atoms with E-state index in [-0.39, 0.29) is 11.5 Å². The van der Waals surface area contributed by atoms with Gasteiger partial charge in [-0.3, -0.25) is 14.5 Å². The minimum Gasteiger partial charge on any atom is -0.336 e. The second-order valence-electron chi connectivity index (χ2n) is 7.37. The minimum absolute atomic E-state index is 0.0565. The van der Waals surface area contributed by atoms with Crippen molar-refractivity contribution in [2.45, 2.75) is 34.2 Å². The molecule has 0 aromatic carbocycles. The molecule has 0 aliphatic carbocycles. The molecule has 1 aliphatic heterocycles. The van der Waals surface area contributed by atoms with Gasteiger partial charge in [0.2, 0.25) is 0 Å². The molecule has 1 amide bonds. The van der Waals surface area contributed by atoms with E-state index in [1.54, 1.807) is 22.7 Å². The molecule has 0 radical (unpaired) electrons. The number of aryl methyl sites for hydroxylation is 4. The van der Waals surface area contributed by atoms with Crippen LogP contribution in [0.3, 0.4) is 0 Å². The molecule has 4 heterocycles. The Balaban J connectivity index is 1.43. The lowest BCUT2D eigenvalue weighted by Gasteiger charge is -2.34. The number of aromatic amines is 1. The van der Waals surface area contributed by atoms with Crippen molar-refractivity contribution in [2.24, 2.45) is 0 Å². The minimum atomic E-state index is -0.0565. The van der Waals surface area contributed by atoms with E-state index in [9.17, 15) is 9.59 Å². The van der Waals surface area contributed by atoms with E-state index in [1.807, 2.05) is 38.7 Å². The number of nitrogens with zero attached hydrogens (tertiary/aromatic N) is 3. The fourth-order valence-corrected chi connectivity index (χ4v) is 5.67. The summed E-state index contributed by atoms with van der Waals surface area (Å²) in [5.41, 5.74) is 1.79. The third kappa shape index (κ3) is 3.52. The molecule has 1 saturated heterocycles. The van der Waals surface area contributed by atoms with Gasteiger partial charge >= 0.3 is 0 Å². The third-order valence-corrected chi connectivity index (χ3v) is 7.46. The van der Waals surface area contributed by atoms with Gasteiger partial charge in [0.15, 0.2) is 0 Å². The summed E-state index contributed by atoms with van der Waals surface area (Å²) in [6.45, 7) is 11.6. The predicted molar refractivity (Wildman–Crippen MR) is 115 cm³/mol. The van der Waals surface area contributed by atoms with Crippen LogP contribution in [0.5, 0.6) is 0 Å². The largest absolute Gasteiger partial charge is 0.336 e. The molecule has 3 aromatic rings. The van der Waals surface area contributed by atoms with Gasteiger partial charge in [-0.15, -0.1) is 22.7 Å². The van der Waals surface area contributed by atoms with Gasteiger partial charge in [-0.05, 0) is 39.3 Å². The van der Waals surface area contributed by atoms with Crippen LogP contribution in [0.25, 0.3) is 10.2 Å². The van der Waals surface area contributed by atoms with Crippen LogP contribution in [0, 0.1) is 27.7 Å². The van der Waals surface area contributed by atoms with Gasteiger partial charge in [0, 0.05) is 40.8 Å². The van der Waals surface area contributed by atoms with Crippen LogP contribution in [0.1, 0.15) is 36.4 Å². The Morgan fingerprint density at radius 3 is 2.46 bits per heavy atom. The van der Waals surface area contributed by atoms with E-state index in [4.69, 9.17) is 0 Å². The zero-order chi connectivity index (χ0) is 20.0. The Labute approximate surface area is 171 Å². The van der Waals surface area contributed by atoms with Gasteiger partial charge in [-0.2, -0.15) is 0 Å². The maximum Gasteiger partial charge on any atom is 0.259 e. The highest BCUT2D eigenvalue weighted by Crippen LogP contribution is 2.26. The Morgan fingerprint density at radius 1 is 1.11 bits per heavy atom. The van der Waals surface area contributed by atoms with Crippen molar-refractivity contribution in [3.63, 3.8) is 0 Å². The first-order chi connectivity index (χ1) is 13.3. The molecule has 6 nitrogen and oxygen atoms in total. The van der Waals surface area contributed by atoms with Crippen LogP contribution >= 0.6 is 22.7 Å². The maximum atomic E-state index is 12.8. The number of thiophene rings is 2. The summed E-state index contributed by atoms with van der Waals surface area (Å²) in [5, 5.41) is 0.711. The maximum absolute atomic E-state index is 12.8. The standard InChI is InChI=1S/C20H24N4O2S2/c1-11-9-15(14(4)27-11)20(26)24-7-5-23(6-8-24)10-16-21-18(25)17-12(2)13(3)28-19(17)22-16/h9H,5-8,10H2,1-4H3,(H,21,22,25). The van der Waals surface area contributed by atoms with Crippen LogP contribution in [-0.2, 0) is 6.54 Å². The van der Waals surface area contributed by atoms with Crippen LogP contribution in [0.2, 0.25) is 0 Å². The summed E-state index contributed by atoms with van der Waals surface area (Å²) >= 11 is 3.24. The van der Waals surface area contributed by atoms with Gasteiger partial charge in [0.1, 0.15) is 10.7 Å². The van der Waals surface area contributed by atoms with Crippen molar-refractivity contribution in [2.75, 3.05) is 26.2 Å². The molecule has 0 spiro atoms. The predicted octanol–water partition coefficient (Wildman–Crippen LogP) is 3.24. The van der Waals surface area contributed by atoms with Gasteiger partial charge in [0.05, 0.1) is 17.5 Å². The number of rotatable bonds is 3. The number of amides is 1. The average molecular weight is 417 g/mol. The van der Waals surface area contributed by atoms with Crippen molar-refractivity contribution < 1.29 is 4.79 Å². The molecule has 3 aromatic heterocycles. The fourth-order valence-electron chi connectivity index (χ4n) is 3.71. The molecular formula is C20H24N4O2S2. The monoisotopic (exact) mass is 416 g/mol. The van der Waals surface area contributed by atoms with Crippen LogP contribution in [0.4, 0.5) is 0 Å². The molecule has 0 saturated carbocycles. The molecule has 0 atom stereocenters. The summed E-state index contributed by atoms with van der Waals surface area (Å²) in [6, 6.07) is 1.99. The lowest BCUT2D eigenvalue weighted by atomic mass is 10.2. The lowest BCUT2D eigenvalue weighted by molar-refractivity contribution is 0.0625. The number of aromatic nitrogens is 2. The number of piperazine rings is 1. The van der Waals surface area contributed by atoms with Crippen LogP contribution in [0.15, 0.2) is 10.9 Å². The van der Waals surface area contributed by atoms with E-state index < -0.39 is 0 Å². The summed E-state index contributed by atoms with van der Waals surface area (Å²) in [5.74, 6) is 0.821. The van der Waals surface area contributed by atoms with Crippen LogP contribution in [-0.4, -0.2) is 51.9 Å².